The highest BCUT2D eigenvalue weighted by Gasteiger charge is 2.07. The van der Waals surface area contributed by atoms with E-state index in [1.807, 2.05) is 25.1 Å². The van der Waals surface area contributed by atoms with Gasteiger partial charge in [-0.15, -0.1) is 0 Å². The van der Waals surface area contributed by atoms with Crippen molar-refractivity contribution < 1.29 is 9.53 Å². The smallest absolute Gasteiger partial charge is 0.220 e. The van der Waals surface area contributed by atoms with E-state index in [4.69, 9.17) is 16.3 Å². The minimum atomic E-state index is 0.106. The third kappa shape index (κ3) is 5.83. The summed E-state index contributed by atoms with van der Waals surface area (Å²) >= 11 is 5.95. The first kappa shape index (κ1) is 16.8. The fourth-order valence-electron chi connectivity index (χ4n) is 1.92. The molecule has 0 aliphatic heterocycles. The normalized spacial score (nSPS) is 10.7. The van der Waals surface area contributed by atoms with Crippen LogP contribution in [0.5, 0.6) is 5.75 Å². The molecule has 1 aromatic rings. The second-order valence-corrected chi connectivity index (χ2v) is 5.35. The van der Waals surface area contributed by atoms with Crippen LogP contribution in [-0.2, 0) is 4.79 Å². The lowest BCUT2D eigenvalue weighted by Gasteiger charge is -2.14. The first-order valence-electron chi connectivity index (χ1n) is 7.25. The van der Waals surface area contributed by atoms with Crippen LogP contribution in [0.2, 0.25) is 5.02 Å². The molecule has 0 fully saturated rings. The lowest BCUT2D eigenvalue weighted by Crippen LogP contribution is -2.33. The summed E-state index contributed by atoms with van der Waals surface area (Å²) in [5.41, 5.74) is 0.996. The molecule has 3 nitrogen and oxygen atoms in total. The molecular weight excluding hydrogens is 274 g/mol. The summed E-state index contributed by atoms with van der Waals surface area (Å²) in [6.45, 7) is 6.65. The summed E-state index contributed by atoms with van der Waals surface area (Å²) in [5, 5.41) is 3.76. The Morgan fingerprint density at radius 2 is 2.05 bits per heavy atom. The molecule has 0 aliphatic rings. The Morgan fingerprint density at radius 1 is 1.35 bits per heavy atom. The average Bonchev–Trinajstić information content (AvgIpc) is 2.44. The third-order valence-electron chi connectivity index (χ3n) is 3.30. The lowest BCUT2D eigenvalue weighted by atomic mass is 10.1. The molecule has 1 rings (SSSR count). The van der Waals surface area contributed by atoms with Gasteiger partial charge < -0.3 is 10.1 Å². The molecule has 4 heteroatoms. The SMILES string of the molecule is CCC(CC)NC(=O)CCCOc1ccc(Cl)c(C)c1. The maximum atomic E-state index is 11.7. The van der Waals surface area contributed by atoms with Crippen LogP contribution in [0.3, 0.4) is 0 Å². The Balaban J connectivity index is 2.24. The molecular formula is C16H24ClNO2. The van der Waals surface area contributed by atoms with Crippen molar-refractivity contribution in [2.75, 3.05) is 6.61 Å². The molecule has 0 saturated heterocycles. The molecule has 20 heavy (non-hydrogen) atoms. The minimum Gasteiger partial charge on any atom is -0.494 e. The number of hydrogen-bond donors (Lipinski definition) is 1. The van der Waals surface area contributed by atoms with Crippen molar-refractivity contribution in [1.82, 2.24) is 5.32 Å². The fraction of sp³-hybridized carbons (Fsp3) is 0.562. The van der Waals surface area contributed by atoms with Crippen molar-refractivity contribution in [2.24, 2.45) is 0 Å². The second-order valence-electron chi connectivity index (χ2n) is 4.94. The molecule has 1 aromatic carbocycles. The Labute approximate surface area is 126 Å². The number of aryl methyl sites for hydroxylation is 1. The van der Waals surface area contributed by atoms with E-state index in [1.165, 1.54) is 0 Å². The fourth-order valence-corrected chi connectivity index (χ4v) is 2.04. The van der Waals surface area contributed by atoms with Crippen LogP contribution in [-0.4, -0.2) is 18.6 Å². The summed E-state index contributed by atoms with van der Waals surface area (Å²) in [6, 6.07) is 5.88. The van der Waals surface area contributed by atoms with Gasteiger partial charge in [0.05, 0.1) is 6.61 Å². The van der Waals surface area contributed by atoms with Gasteiger partial charge in [-0.05, 0) is 49.9 Å². The lowest BCUT2D eigenvalue weighted by molar-refractivity contribution is -0.122. The van der Waals surface area contributed by atoms with Crippen molar-refractivity contribution in [3.05, 3.63) is 28.8 Å². The Bertz CT molecular complexity index is 430. The average molecular weight is 298 g/mol. The van der Waals surface area contributed by atoms with E-state index >= 15 is 0 Å². The second kappa shape index (κ2) is 8.85. The molecule has 0 radical (unpaired) electrons. The molecule has 0 bridgehead atoms. The first-order valence-corrected chi connectivity index (χ1v) is 7.62. The molecule has 0 saturated carbocycles. The van der Waals surface area contributed by atoms with Gasteiger partial charge in [-0.3, -0.25) is 4.79 Å². The van der Waals surface area contributed by atoms with Crippen LogP contribution in [0, 0.1) is 6.92 Å². The Hall–Kier alpha value is -1.22. The molecule has 0 unspecified atom stereocenters. The first-order chi connectivity index (χ1) is 9.56. The Morgan fingerprint density at radius 3 is 2.65 bits per heavy atom. The Kier molecular flexibility index (Phi) is 7.45. The van der Waals surface area contributed by atoms with E-state index < -0.39 is 0 Å². The zero-order valence-electron chi connectivity index (χ0n) is 12.5. The van der Waals surface area contributed by atoms with Crippen LogP contribution in [0.15, 0.2) is 18.2 Å². The summed E-state index contributed by atoms with van der Waals surface area (Å²) in [4.78, 5) is 11.7. The summed E-state index contributed by atoms with van der Waals surface area (Å²) in [5.74, 6) is 0.905. The van der Waals surface area contributed by atoms with Gasteiger partial charge in [0.15, 0.2) is 0 Å². The molecule has 0 aliphatic carbocycles. The molecule has 112 valence electrons. The predicted octanol–water partition coefficient (Wildman–Crippen LogP) is 4.11. The van der Waals surface area contributed by atoms with Gasteiger partial charge >= 0.3 is 0 Å². The number of carbonyl (C=O) groups excluding carboxylic acids is 1. The number of hydrogen-bond acceptors (Lipinski definition) is 2. The van der Waals surface area contributed by atoms with Crippen molar-refractivity contribution in [1.29, 1.82) is 0 Å². The van der Waals surface area contributed by atoms with Crippen molar-refractivity contribution in [3.63, 3.8) is 0 Å². The predicted molar refractivity (Wildman–Crippen MR) is 83.4 cm³/mol. The van der Waals surface area contributed by atoms with Crippen molar-refractivity contribution in [2.45, 2.75) is 52.5 Å². The van der Waals surface area contributed by atoms with E-state index in [0.29, 0.717) is 25.5 Å². The van der Waals surface area contributed by atoms with E-state index in [0.717, 1.165) is 29.2 Å². The van der Waals surface area contributed by atoms with Crippen LogP contribution < -0.4 is 10.1 Å². The number of carbonyl (C=O) groups is 1. The highest BCUT2D eigenvalue weighted by molar-refractivity contribution is 6.31. The maximum Gasteiger partial charge on any atom is 0.220 e. The van der Waals surface area contributed by atoms with Crippen LogP contribution in [0.25, 0.3) is 0 Å². The van der Waals surface area contributed by atoms with Crippen molar-refractivity contribution in [3.8, 4) is 5.75 Å². The number of rotatable bonds is 8. The van der Waals surface area contributed by atoms with Crippen LogP contribution in [0.4, 0.5) is 0 Å². The van der Waals surface area contributed by atoms with Gasteiger partial charge in [-0.1, -0.05) is 25.4 Å². The highest BCUT2D eigenvalue weighted by atomic mass is 35.5. The van der Waals surface area contributed by atoms with E-state index in [9.17, 15) is 4.79 Å². The molecule has 0 atom stereocenters. The van der Waals surface area contributed by atoms with Gasteiger partial charge in [0, 0.05) is 17.5 Å². The number of halogens is 1. The summed E-state index contributed by atoms with van der Waals surface area (Å²) < 4.78 is 5.61. The third-order valence-corrected chi connectivity index (χ3v) is 3.72. The molecule has 0 heterocycles. The van der Waals surface area contributed by atoms with Gasteiger partial charge in [-0.25, -0.2) is 0 Å². The number of benzene rings is 1. The summed E-state index contributed by atoms with van der Waals surface area (Å²) in [7, 11) is 0. The largest absolute Gasteiger partial charge is 0.494 e. The minimum absolute atomic E-state index is 0.106. The standard InChI is InChI=1S/C16H24ClNO2/c1-4-13(5-2)18-16(19)7-6-10-20-14-8-9-15(17)12(3)11-14/h8-9,11,13H,4-7,10H2,1-3H3,(H,18,19). The number of ether oxygens (including phenoxy) is 1. The molecule has 1 N–H and O–H groups in total. The van der Waals surface area contributed by atoms with Gasteiger partial charge in [0.2, 0.25) is 5.91 Å². The van der Waals surface area contributed by atoms with E-state index in [1.54, 1.807) is 0 Å². The van der Waals surface area contributed by atoms with Gasteiger partial charge in [0.25, 0.3) is 0 Å². The topological polar surface area (TPSA) is 38.3 Å². The quantitative estimate of drug-likeness (QED) is 0.733. The molecule has 0 spiro atoms. The van der Waals surface area contributed by atoms with E-state index in [-0.39, 0.29) is 5.91 Å². The number of amides is 1. The monoisotopic (exact) mass is 297 g/mol. The maximum absolute atomic E-state index is 11.7. The van der Waals surface area contributed by atoms with Crippen LogP contribution >= 0.6 is 11.6 Å². The number of nitrogens with one attached hydrogen (secondary N) is 1. The highest BCUT2D eigenvalue weighted by Crippen LogP contribution is 2.21. The molecule has 1 amide bonds. The molecule has 0 aromatic heterocycles. The van der Waals surface area contributed by atoms with E-state index in [2.05, 4.69) is 19.2 Å². The zero-order valence-corrected chi connectivity index (χ0v) is 13.3. The van der Waals surface area contributed by atoms with Crippen molar-refractivity contribution >= 4 is 17.5 Å². The van der Waals surface area contributed by atoms with Crippen LogP contribution in [0.1, 0.15) is 45.1 Å². The van der Waals surface area contributed by atoms with Gasteiger partial charge in [0.1, 0.15) is 5.75 Å². The zero-order chi connectivity index (χ0) is 15.0. The van der Waals surface area contributed by atoms with Gasteiger partial charge in [-0.2, -0.15) is 0 Å². The summed E-state index contributed by atoms with van der Waals surface area (Å²) in [6.07, 6.45) is 3.17.